The summed E-state index contributed by atoms with van der Waals surface area (Å²) >= 11 is 0. The van der Waals surface area contributed by atoms with Gasteiger partial charge in [-0.3, -0.25) is 9.67 Å². The summed E-state index contributed by atoms with van der Waals surface area (Å²) in [6, 6.07) is 9.82. The molecule has 154 valence electrons. The number of aromatic nitrogens is 4. The molecule has 0 bridgehead atoms. The number of aliphatic imine (C=N–C) groups is 1. The van der Waals surface area contributed by atoms with Crippen molar-refractivity contribution in [1.29, 1.82) is 0 Å². The van der Waals surface area contributed by atoms with E-state index in [1.807, 2.05) is 44.4 Å². The molecule has 2 aromatic heterocycles. The molecule has 0 unspecified atom stereocenters. The van der Waals surface area contributed by atoms with Crippen LogP contribution in [0.1, 0.15) is 6.92 Å². The maximum absolute atomic E-state index is 5.77. The maximum Gasteiger partial charge on any atom is 0.193 e. The molecule has 1 aromatic carbocycles. The molecule has 3 rings (SSSR count). The van der Waals surface area contributed by atoms with Crippen LogP contribution in [0.15, 0.2) is 47.8 Å². The maximum atomic E-state index is 5.77. The van der Waals surface area contributed by atoms with E-state index in [-0.39, 0.29) is 0 Å². The van der Waals surface area contributed by atoms with Gasteiger partial charge in [0.05, 0.1) is 24.7 Å². The second-order valence-electron chi connectivity index (χ2n) is 6.47. The normalized spacial score (nSPS) is 11.5. The first-order valence-corrected chi connectivity index (χ1v) is 9.73. The summed E-state index contributed by atoms with van der Waals surface area (Å²) in [5.74, 6) is 2.49. The van der Waals surface area contributed by atoms with Crippen LogP contribution < -0.4 is 15.4 Å². The lowest BCUT2D eigenvalue weighted by Gasteiger charge is -2.22. The smallest absolute Gasteiger partial charge is 0.193 e. The van der Waals surface area contributed by atoms with Gasteiger partial charge in [0.15, 0.2) is 11.6 Å². The van der Waals surface area contributed by atoms with Gasteiger partial charge < -0.3 is 20.3 Å². The first-order chi connectivity index (χ1) is 14.2. The lowest BCUT2D eigenvalue weighted by Crippen LogP contribution is -2.41. The predicted octanol–water partition coefficient (Wildman–Crippen LogP) is 1.75. The van der Waals surface area contributed by atoms with Crippen LogP contribution in [0.25, 0.3) is 11.0 Å². The zero-order chi connectivity index (χ0) is 20.5. The highest BCUT2D eigenvalue weighted by Gasteiger charge is 2.08. The quantitative estimate of drug-likeness (QED) is 0.323. The molecular weight excluding hydrogens is 368 g/mol. The molecule has 0 aliphatic heterocycles. The molecule has 0 spiro atoms. The van der Waals surface area contributed by atoms with Crippen LogP contribution in [0.3, 0.4) is 0 Å². The van der Waals surface area contributed by atoms with Crippen molar-refractivity contribution in [3.8, 4) is 5.75 Å². The van der Waals surface area contributed by atoms with E-state index in [9.17, 15) is 0 Å². The number of benzene rings is 1. The van der Waals surface area contributed by atoms with Gasteiger partial charge in [-0.05, 0) is 19.1 Å². The Bertz CT molecular complexity index is 925. The molecule has 9 nitrogen and oxygen atoms in total. The van der Waals surface area contributed by atoms with E-state index in [4.69, 9.17) is 4.74 Å². The fraction of sp³-hybridized carbons (Fsp3) is 0.400. The number of anilines is 1. The monoisotopic (exact) mass is 396 g/mol. The van der Waals surface area contributed by atoms with E-state index in [0.29, 0.717) is 19.7 Å². The van der Waals surface area contributed by atoms with Crippen molar-refractivity contribution < 1.29 is 4.74 Å². The van der Waals surface area contributed by atoms with Crippen LogP contribution in [-0.4, -0.2) is 70.4 Å². The Kier molecular flexibility index (Phi) is 7.21. The standard InChI is InChI=1S/C20H28N8O/c1-4-21-20(27(2)12-13-29-16-8-6-5-7-9-16)23-11-10-22-18-17-14-26-28(3)19(17)25-15-24-18/h5-9,14-15H,4,10-13H2,1-3H3,(H,21,23)(H,22,24,25). The summed E-state index contributed by atoms with van der Waals surface area (Å²) in [6.07, 6.45) is 3.31. The van der Waals surface area contributed by atoms with Gasteiger partial charge in [-0.15, -0.1) is 0 Å². The first kappa shape index (κ1) is 20.4. The number of hydrogen-bond donors (Lipinski definition) is 2. The van der Waals surface area contributed by atoms with Gasteiger partial charge in [-0.1, -0.05) is 18.2 Å². The largest absolute Gasteiger partial charge is 0.492 e. The molecule has 0 amide bonds. The molecule has 2 N–H and O–H groups in total. The van der Waals surface area contributed by atoms with Gasteiger partial charge in [-0.2, -0.15) is 5.10 Å². The van der Waals surface area contributed by atoms with Crippen LogP contribution in [0.4, 0.5) is 5.82 Å². The van der Waals surface area contributed by atoms with Crippen molar-refractivity contribution in [3.05, 3.63) is 42.9 Å². The molecule has 0 radical (unpaired) electrons. The van der Waals surface area contributed by atoms with Crippen molar-refractivity contribution in [1.82, 2.24) is 30.0 Å². The Morgan fingerprint density at radius 3 is 2.86 bits per heavy atom. The van der Waals surface area contributed by atoms with Gasteiger partial charge in [0, 0.05) is 27.2 Å². The Balaban J connectivity index is 1.50. The van der Waals surface area contributed by atoms with E-state index in [1.54, 1.807) is 17.2 Å². The topological polar surface area (TPSA) is 92.5 Å². The molecule has 29 heavy (non-hydrogen) atoms. The summed E-state index contributed by atoms with van der Waals surface area (Å²) in [4.78, 5) is 15.3. The number of nitrogens with zero attached hydrogens (tertiary/aromatic N) is 6. The second-order valence-corrected chi connectivity index (χ2v) is 6.47. The van der Waals surface area contributed by atoms with Crippen LogP contribution in [0.5, 0.6) is 5.75 Å². The highest BCUT2D eigenvalue weighted by atomic mass is 16.5. The fourth-order valence-corrected chi connectivity index (χ4v) is 2.83. The van der Waals surface area contributed by atoms with Crippen LogP contribution in [0.2, 0.25) is 0 Å². The minimum absolute atomic E-state index is 0.586. The summed E-state index contributed by atoms with van der Waals surface area (Å²) in [5, 5.41) is 11.8. The summed E-state index contributed by atoms with van der Waals surface area (Å²) in [5.41, 5.74) is 0.803. The average Bonchev–Trinajstić information content (AvgIpc) is 3.13. The van der Waals surface area contributed by atoms with Gasteiger partial charge in [0.2, 0.25) is 0 Å². The minimum Gasteiger partial charge on any atom is -0.492 e. The number of rotatable bonds is 9. The highest BCUT2D eigenvalue weighted by molar-refractivity contribution is 5.86. The van der Waals surface area contributed by atoms with Crippen molar-refractivity contribution in [3.63, 3.8) is 0 Å². The molecule has 9 heteroatoms. The molecular formula is C20H28N8O. The van der Waals surface area contributed by atoms with E-state index in [0.717, 1.165) is 41.6 Å². The first-order valence-electron chi connectivity index (χ1n) is 9.73. The molecule has 0 saturated heterocycles. The number of hydrogen-bond acceptors (Lipinski definition) is 6. The Morgan fingerprint density at radius 1 is 1.24 bits per heavy atom. The van der Waals surface area contributed by atoms with Gasteiger partial charge >= 0.3 is 0 Å². The number of aryl methyl sites for hydroxylation is 1. The third-order valence-electron chi connectivity index (χ3n) is 4.33. The Labute approximate surface area is 170 Å². The molecule has 0 aliphatic carbocycles. The molecule has 0 aliphatic rings. The zero-order valence-corrected chi connectivity index (χ0v) is 17.2. The number of likely N-dealkylation sites (N-methyl/N-ethyl adjacent to an activating group) is 1. The second kappa shape index (κ2) is 10.3. The van der Waals surface area contributed by atoms with Crippen molar-refractivity contribution in [2.75, 3.05) is 45.2 Å². The molecule has 0 saturated carbocycles. The third kappa shape index (κ3) is 5.56. The predicted molar refractivity (Wildman–Crippen MR) is 115 cm³/mol. The van der Waals surface area contributed by atoms with Gasteiger partial charge in [-0.25, -0.2) is 9.97 Å². The molecule has 0 fully saturated rings. The number of guanidine groups is 1. The zero-order valence-electron chi connectivity index (χ0n) is 17.2. The lowest BCUT2D eigenvalue weighted by atomic mass is 10.3. The number of ether oxygens (including phenoxy) is 1. The van der Waals surface area contributed by atoms with E-state index < -0.39 is 0 Å². The third-order valence-corrected chi connectivity index (χ3v) is 4.33. The lowest BCUT2D eigenvalue weighted by molar-refractivity contribution is 0.281. The summed E-state index contributed by atoms with van der Waals surface area (Å²) < 4.78 is 7.50. The van der Waals surface area contributed by atoms with Crippen LogP contribution in [-0.2, 0) is 7.05 Å². The minimum atomic E-state index is 0.586. The summed E-state index contributed by atoms with van der Waals surface area (Å²) in [6.45, 7) is 5.45. The van der Waals surface area contributed by atoms with E-state index in [2.05, 4.69) is 42.5 Å². The fourth-order valence-electron chi connectivity index (χ4n) is 2.83. The Hall–Kier alpha value is -3.36. The molecule has 3 aromatic rings. The van der Waals surface area contributed by atoms with Crippen LogP contribution in [0, 0.1) is 0 Å². The SMILES string of the molecule is CCNC(=NCCNc1ncnc2c1cnn2C)N(C)CCOc1ccccc1. The summed E-state index contributed by atoms with van der Waals surface area (Å²) in [7, 11) is 3.87. The number of nitrogens with one attached hydrogen (secondary N) is 2. The highest BCUT2D eigenvalue weighted by Crippen LogP contribution is 2.17. The average molecular weight is 396 g/mol. The molecule has 0 atom stereocenters. The molecule has 2 heterocycles. The Morgan fingerprint density at radius 2 is 2.07 bits per heavy atom. The van der Waals surface area contributed by atoms with Crippen LogP contribution >= 0.6 is 0 Å². The van der Waals surface area contributed by atoms with E-state index in [1.165, 1.54) is 0 Å². The number of fused-ring (bicyclic) bond motifs is 1. The number of para-hydroxylation sites is 1. The van der Waals surface area contributed by atoms with Crippen molar-refractivity contribution >= 4 is 22.8 Å². The van der Waals surface area contributed by atoms with Crippen molar-refractivity contribution in [2.24, 2.45) is 12.0 Å². The van der Waals surface area contributed by atoms with Crippen molar-refractivity contribution in [2.45, 2.75) is 6.92 Å². The van der Waals surface area contributed by atoms with Gasteiger partial charge in [0.1, 0.15) is 24.5 Å². The van der Waals surface area contributed by atoms with E-state index >= 15 is 0 Å². The van der Waals surface area contributed by atoms with Gasteiger partial charge in [0.25, 0.3) is 0 Å².